The Labute approximate surface area is 168 Å². The molecule has 0 aromatic heterocycles. The maximum Gasteiger partial charge on any atom is 0.534 e. The molecule has 1 aliphatic heterocycles. The van der Waals surface area contributed by atoms with Crippen LogP contribution in [0.1, 0.15) is 72.5 Å². The number of hydrogen-bond donors (Lipinski definition) is 0. The number of benzene rings is 1. The van der Waals surface area contributed by atoms with Crippen LogP contribution < -0.4 is 0 Å². The molecule has 4 atom stereocenters. The number of nitrogens with zero attached hydrogens (tertiary/aromatic N) is 2. The molecule has 2 rings (SSSR count). The lowest BCUT2D eigenvalue weighted by atomic mass is 9.70. The second kappa shape index (κ2) is 9.05. The van der Waals surface area contributed by atoms with Gasteiger partial charge in [0, 0.05) is 17.9 Å². The van der Waals surface area contributed by atoms with E-state index in [1.807, 2.05) is 18.2 Å². The van der Waals surface area contributed by atoms with Gasteiger partial charge in [-0.05, 0) is 39.2 Å². The Bertz CT molecular complexity index is 693. The van der Waals surface area contributed by atoms with Gasteiger partial charge in [-0.3, -0.25) is 9.68 Å². The fraction of sp³-hybridized carbons (Fsp3) is 0.636. The predicted molar refractivity (Wildman–Crippen MR) is 110 cm³/mol. The summed E-state index contributed by atoms with van der Waals surface area (Å²) in [6.45, 7) is 12.9. The molecule has 156 valence electrons. The Kier molecular flexibility index (Phi) is 7.23. The van der Waals surface area contributed by atoms with Crippen LogP contribution in [-0.4, -0.2) is 35.1 Å². The second-order valence-electron chi connectivity index (χ2n) is 8.04. The summed E-state index contributed by atoms with van der Waals surface area (Å²) in [6, 6.07) is 10.2. The molecule has 28 heavy (non-hydrogen) atoms. The molecule has 1 aliphatic rings. The van der Waals surface area contributed by atoms with Crippen molar-refractivity contribution in [2.24, 2.45) is 11.1 Å². The number of rotatable bonds is 6. The molecule has 0 bridgehead atoms. The van der Waals surface area contributed by atoms with Crippen molar-refractivity contribution >= 4 is 11.9 Å². The molecule has 4 unspecified atom stereocenters. The fourth-order valence-electron chi connectivity index (χ4n) is 3.92. The van der Waals surface area contributed by atoms with Gasteiger partial charge < -0.3 is 4.74 Å². The first-order valence-corrected chi connectivity index (χ1v) is 10.1. The molecule has 1 heterocycles. The molecule has 1 aromatic rings. The molecule has 1 saturated heterocycles. The highest BCUT2D eigenvalue weighted by Gasteiger charge is 2.53. The Morgan fingerprint density at radius 2 is 1.89 bits per heavy atom. The van der Waals surface area contributed by atoms with E-state index in [4.69, 9.17) is 9.68 Å². The van der Waals surface area contributed by atoms with Crippen LogP contribution in [0.2, 0.25) is 0 Å². The standard InChI is InChI=1S/C22H34N2O4/c1-8-21(5)15-19(23-27-20(25)26-7)16(3)22(6,9-2)24(21)28-17(4)18-13-11-10-12-14-18/h10-14,16-17H,8-9,15H2,1-7H3/b23-19-. The number of oxime groups is 1. The molecule has 0 N–H and O–H groups in total. The van der Waals surface area contributed by atoms with Crippen LogP contribution in [0, 0.1) is 5.92 Å². The SMILES string of the molecule is CCC1(C)C/C(=N/OC(=O)OC)C(C)C(C)(CC)N1OC(C)c1ccccc1. The van der Waals surface area contributed by atoms with Gasteiger partial charge in [0.05, 0.1) is 18.4 Å². The molecule has 0 radical (unpaired) electrons. The number of piperidine rings is 1. The fourth-order valence-corrected chi connectivity index (χ4v) is 3.92. The molecular formula is C22H34N2O4. The highest BCUT2D eigenvalue weighted by molar-refractivity contribution is 5.89. The Balaban J connectivity index is 2.37. The Hall–Kier alpha value is -1.92. The van der Waals surface area contributed by atoms with Gasteiger partial charge in [0.2, 0.25) is 0 Å². The Morgan fingerprint density at radius 1 is 1.25 bits per heavy atom. The van der Waals surface area contributed by atoms with Gasteiger partial charge in [-0.15, -0.1) is 0 Å². The average molecular weight is 391 g/mol. The topological polar surface area (TPSA) is 60.4 Å². The third-order valence-corrected chi connectivity index (χ3v) is 6.36. The zero-order valence-corrected chi connectivity index (χ0v) is 18.2. The molecular weight excluding hydrogens is 356 g/mol. The van der Waals surface area contributed by atoms with E-state index in [1.165, 1.54) is 7.11 Å². The minimum Gasteiger partial charge on any atom is -0.436 e. The van der Waals surface area contributed by atoms with E-state index in [2.05, 4.69) is 68.6 Å². The van der Waals surface area contributed by atoms with Crippen LogP contribution in [0.25, 0.3) is 0 Å². The second-order valence-corrected chi connectivity index (χ2v) is 8.04. The molecule has 1 aromatic carbocycles. The zero-order chi connectivity index (χ0) is 20.9. The van der Waals surface area contributed by atoms with Crippen molar-refractivity contribution < 1.29 is 19.2 Å². The van der Waals surface area contributed by atoms with Crippen molar-refractivity contribution in [3.8, 4) is 0 Å². The van der Waals surface area contributed by atoms with E-state index in [-0.39, 0.29) is 23.1 Å². The molecule has 6 heteroatoms. The van der Waals surface area contributed by atoms with Crippen LogP contribution >= 0.6 is 0 Å². The average Bonchev–Trinajstić information content (AvgIpc) is 2.73. The number of hydrogen-bond acceptors (Lipinski definition) is 6. The van der Waals surface area contributed by atoms with E-state index in [0.29, 0.717) is 6.42 Å². The van der Waals surface area contributed by atoms with Gasteiger partial charge in [-0.25, -0.2) is 4.79 Å². The van der Waals surface area contributed by atoms with Crippen LogP contribution in [0.5, 0.6) is 0 Å². The number of ether oxygens (including phenoxy) is 1. The number of carbonyl (C=O) groups is 1. The quantitative estimate of drug-likeness (QED) is 0.365. The summed E-state index contributed by atoms with van der Waals surface area (Å²) in [4.78, 5) is 22.9. The molecule has 0 spiro atoms. The van der Waals surface area contributed by atoms with Crippen LogP contribution in [0.3, 0.4) is 0 Å². The maximum atomic E-state index is 11.4. The maximum absolute atomic E-state index is 11.4. The van der Waals surface area contributed by atoms with Crippen molar-refractivity contribution in [1.29, 1.82) is 0 Å². The largest absolute Gasteiger partial charge is 0.534 e. The molecule has 1 fully saturated rings. The number of methoxy groups -OCH3 is 1. The summed E-state index contributed by atoms with van der Waals surface area (Å²) in [7, 11) is 1.28. The third-order valence-electron chi connectivity index (χ3n) is 6.36. The minimum atomic E-state index is -0.799. The molecule has 0 aliphatic carbocycles. The van der Waals surface area contributed by atoms with Crippen molar-refractivity contribution in [2.75, 3.05) is 7.11 Å². The van der Waals surface area contributed by atoms with Crippen molar-refractivity contribution in [2.45, 2.75) is 78.0 Å². The lowest BCUT2D eigenvalue weighted by molar-refractivity contribution is -0.310. The summed E-state index contributed by atoms with van der Waals surface area (Å²) in [5.41, 5.74) is 1.41. The van der Waals surface area contributed by atoms with Crippen molar-refractivity contribution in [3.05, 3.63) is 35.9 Å². The third kappa shape index (κ3) is 4.39. The monoisotopic (exact) mass is 390 g/mol. The first-order chi connectivity index (χ1) is 13.2. The highest BCUT2D eigenvalue weighted by Crippen LogP contribution is 2.46. The first-order valence-electron chi connectivity index (χ1n) is 10.1. The van der Waals surface area contributed by atoms with E-state index < -0.39 is 6.16 Å². The van der Waals surface area contributed by atoms with Crippen LogP contribution in [0.4, 0.5) is 4.79 Å². The zero-order valence-electron chi connectivity index (χ0n) is 18.2. The van der Waals surface area contributed by atoms with Gasteiger partial charge in [0.15, 0.2) is 0 Å². The summed E-state index contributed by atoms with van der Waals surface area (Å²) >= 11 is 0. The predicted octanol–water partition coefficient (Wildman–Crippen LogP) is 5.50. The van der Waals surface area contributed by atoms with E-state index >= 15 is 0 Å². The number of hydroxylamine groups is 2. The van der Waals surface area contributed by atoms with E-state index in [0.717, 1.165) is 24.1 Å². The Morgan fingerprint density at radius 3 is 2.43 bits per heavy atom. The van der Waals surface area contributed by atoms with Gasteiger partial charge in [0.1, 0.15) is 6.10 Å². The smallest absolute Gasteiger partial charge is 0.436 e. The van der Waals surface area contributed by atoms with Crippen molar-refractivity contribution in [1.82, 2.24) is 5.06 Å². The summed E-state index contributed by atoms with van der Waals surface area (Å²) in [5.74, 6) is 0.0461. The van der Waals surface area contributed by atoms with E-state index in [1.54, 1.807) is 0 Å². The van der Waals surface area contributed by atoms with Gasteiger partial charge in [-0.1, -0.05) is 56.3 Å². The first kappa shape index (κ1) is 22.4. The molecule has 0 amide bonds. The van der Waals surface area contributed by atoms with E-state index in [9.17, 15) is 4.79 Å². The summed E-state index contributed by atoms with van der Waals surface area (Å²) in [5, 5.41) is 6.33. The summed E-state index contributed by atoms with van der Waals surface area (Å²) < 4.78 is 4.55. The van der Waals surface area contributed by atoms with Crippen LogP contribution in [0.15, 0.2) is 35.5 Å². The molecule has 6 nitrogen and oxygen atoms in total. The van der Waals surface area contributed by atoms with Gasteiger partial charge >= 0.3 is 6.16 Å². The summed E-state index contributed by atoms with van der Waals surface area (Å²) in [6.07, 6.45) is 1.51. The normalized spacial score (nSPS) is 30.8. The highest BCUT2D eigenvalue weighted by atomic mass is 16.8. The lowest BCUT2D eigenvalue weighted by Crippen LogP contribution is -2.66. The van der Waals surface area contributed by atoms with Gasteiger partial charge in [0.25, 0.3) is 0 Å². The van der Waals surface area contributed by atoms with Crippen LogP contribution in [-0.2, 0) is 14.4 Å². The lowest BCUT2D eigenvalue weighted by Gasteiger charge is -2.57. The van der Waals surface area contributed by atoms with Gasteiger partial charge in [-0.2, -0.15) is 5.06 Å². The molecule has 0 saturated carbocycles. The minimum absolute atomic E-state index is 0.0461. The number of carbonyl (C=O) groups excluding carboxylic acids is 1. The van der Waals surface area contributed by atoms with Crippen molar-refractivity contribution in [3.63, 3.8) is 0 Å².